The normalized spacial score (nSPS) is 10.1. The molecule has 0 amide bonds. The van der Waals surface area contributed by atoms with Crippen LogP contribution in [0, 0.1) is 0 Å². The standard InChI is InChI=1S/C10H9ClO6/c1-16-5-2-3-6(11)7(4-5)17-8(9(12)13)10(14)15/h2-4,8H,1H3,(H,12,13)(H,14,15). The lowest BCUT2D eigenvalue weighted by molar-refractivity contribution is -0.159. The van der Waals surface area contributed by atoms with Crippen molar-refractivity contribution in [1.82, 2.24) is 0 Å². The van der Waals surface area contributed by atoms with Crippen molar-refractivity contribution in [3.05, 3.63) is 23.2 Å². The van der Waals surface area contributed by atoms with Crippen LogP contribution in [-0.4, -0.2) is 35.4 Å². The van der Waals surface area contributed by atoms with E-state index in [1.807, 2.05) is 0 Å². The maximum absolute atomic E-state index is 10.6. The van der Waals surface area contributed by atoms with Crippen LogP contribution < -0.4 is 9.47 Å². The maximum Gasteiger partial charge on any atom is 0.356 e. The van der Waals surface area contributed by atoms with Crippen molar-refractivity contribution in [3.63, 3.8) is 0 Å². The van der Waals surface area contributed by atoms with Gasteiger partial charge in [-0.1, -0.05) is 11.6 Å². The van der Waals surface area contributed by atoms with E-state index in [0.29, 0.717) is 5.75 Å². The van der Waals surface area contributed by atoms with Gasteiger partial charge in [0.15, 0.2) is 0 Å². The molecule has 0 unspecified atom stereocenters. The Bertz CT molecular complexity index is 430. The van der Waals surface area contributed by atoms with Crippen LogP contribution in [0.2, 0.25) is 5.02 Å². The average Bonchev–Trinajstić information content (AvgIpc) is 2.27. The molecule has 92 valence electrons. The third-order valence-corrected chi connectivity index (χ3v) is 2.14. The number of carboxylic acids is 2. The van der Waals surface area contributed by atoms with E-state index in [0.717, 1.165) is 0 Å². The topological polar surface area (TPSA) is 93.1 Å². The number of rotatable bonds is 5. The van der Waals surface area contributed by atoms with Crippen LogP contribution in [-0.2, 0) is 9.59 Å². The van der Waals surface area contributed by atoms with Gasteiger partial charge in [0.05, 0.1) is 12.1 Å². The molecule has 0 bridgehead atoms. The van der Waals surface area contributed by atoms with E-state index in [-0.39, 0.29) is 10.8 Å². The quantitative estimate of drug-likeness (QED) is 0.775. The number of hydrogen-bond acceptors (Lipinski definition) is 4. The van der Waals surface area contributed by atoms with E-state index in [1.165, 1.54) is 25.3 Å². The molecular weight excluding hydrogens is 252 g/mol. The van der Waals surface area contributed by atoms with Gasteiger partial charge in [0.1, 0.15) is 11.5 Å². The molecule has 1 aromatic rings. The van der Waals surface area contributed by atoms with Gasteiger partial charge in [-0.15, -0.1) is 0 Å². The van der Waals surface area contributed by atoms with E-state index in [4.69, 9.17) is 31.3 Å². The predicted octanol–water partition coefficient (Wildman–Crippen LogP) is 1.27. The van der Waals surface area contributed by atoms with Crippen LogP contribution in [0.3, 0.4) is 0 Å². The maximum atomic E-state index is 10.6. The van der Waals surface area contributed by atoms with E-state index < -0.39 is 18.0 Å². The number of hydrogen-bond donors (Lipinski definition) is 2. The highest BCUT2D eigenvalue weighted by molar-refractivity contribution is 6.32. The van der Waals surface area contributed by atoms with Crippen LogP contribution in [0.1, 0.15) is 0 Å². The minimum Gasteiger partial charge on any atom is -0.497 e. The lowest BCUT2D eigenvalue weighted by atomic mass is 10.3. The molecule has 17 heavy (non-hydrogen) atoms. The summed E-state index contributed by atoms with van der Waals surface area (Å²) in [5, 5.41) is 17.4. The van der Waals surface area contributed by atoms with Crippen LogP contribution in [0.4, 0.5) is 0 Å². The third kappa shape index (κ3) is 3.25. The van der Waals surface area contributed by atoms with Gasteiger partial charge in [0, 0.05) is 6.07 Å². The summed E-state index contributed by atoms with van der Waals surface area (Å²) in [6.45, 7) is 0. The molecule has 0 saturated heterocycles. The molecule has 0 aromatic heterocycles. The van der Waals surface area contributed by atoms with Gasteiger partial charge >= 0.3 is 11.9 Å². The molecular formula is C10H9ClO6. The highest BCUT2D eigenvalue weighted by Gasteiger charge is 2.28. The Balaban J connectivity index is 3.00. The first-order valence-corrected chi connectivity index (χ1v) is 4.79. The Kier molecular flexibility index (Phi) is 4.17. The van der Waals surface area contributed by atoms with Gasteiger partial charge in [-0.2, -0.15) is 0 Å². The van der Waals surface area contributed by atoms with Gasteiger partial charge in [-0.25, -0.2) is 9.59 Å². The first-order valence-electron chi connectivity index (χ1n) is 4.41. The summed E-state index contributed by atoms with van der Waals surface area (Å²) >= 11 is 5.74. The van der Waals surface area contributed by atoms with Crippen molar-refractivity contribution in [2.45, 2.75) is 6.10 Å². The average molecular weight is 261 g/mol. The molecule has 0 spiro atoms. The van der Waals surface area contributed by atoms with Crippen LogP contribution in [0.25, 0.3) is 0 Å². The van der Waals surface area contributed by atoms with Crippen molar-refractivity contribution >= 4 is 23.5 Å². The minimum atomic E-state index is -2.01. The second-order valence-electron chi connectivity index (χ2n) is 2.97. The van der Waals surface area contributed by atoms with Gasteiger partial charge in [0.2, 0.25) is 0 Å². The number of aliphatic carboxylic acids is 2. The predicted molar refractivity (Wildman–Crippen MR) is 57.7 cm³/mol. The SMILES string of the molecule is COc1ccc(Cl)c(OC(C(=O)O)C(=O)O)c1. The van der Waals surface area contributed by atoms with Gasteiger partial charge in [-0.3, -0.25) is 0 Å². The first-order chi connectivity index (χ1) is 7.95. The van der Waals surface area contributed by atoms with Crippen molar-refractivity contribution < 1.29 is 29.3 Å². The number of halogens is 1. The summed E-state index contributed by atoms with van der Waals surface area (Å²) in [5.41, 5.74) is 0. The summed E-state index contributed by atoms with van der Waals surface area (Å²) in [7, 11) is 1.40. The molecule has 6 nitrogen and oxygen atoms in total. The molecule has 1 aromatic carbocycles. The third-order valence-electron chi connectivity index (χ3n) is 1.83. The minimum absolute atomic E-state index is 0.0687. The van der Waals surface area contributed by atoms with Crippen molar-refractivity contribution in [2.24, 2.45) is 0 Å². The number of benzene rings is 1. The van der Waals surface area contributed by atoms with E-state index in [9.17, 15) is 9.59 Å². The Morgan fingerprint density at radius 2 is 1.88 bits per heavy atom. The molecule has 0 radical (unpaired) electrons. The molecule has 0 atom stereocenters. The van der Waals surface area contributed by atoms with Crippen molar-refractivity contribution in [2.75, 3.05) is 7.11 Å². The number of carbonyl (C=O) groups is 2. The summed E-state index contributed by atoms with van der Waals surface area (Å²) in [6.07, 6.45) is -2.01. The molecule has 1 rings (SSSR count). The summed E-state index contributed by atoms with van der Waals surface area (Å²) in [6, 6.07) is 4.25. The molecule has 0 aliphatic heterocycles. The zero-order valence-electron chi connectivity index (χ0n) is 8.71. The van der Waals surface area contributed by atoms with Crippen LogP contribution in [0.15, 0.2) is 18.2 Å². The Morgan fingerprint density at radius 1 is 1.29 bits per heavy atom. The Morgan fingerprint density at radius 3 is 2.35 bits per heavy atom. The molecule has 7 heteroatoms. The second-order valence-corrected chi connectivity index (χ2v) is 3.38. The molecule has 0 aliphatic rings. The largest absolute Gasteiger partial charge is 0.497 e. The smallest absolute Gasteiger partial charge is 0.356 e. The second kappa shape index (κ2) is 5.40. The fraction of sp³-hybridized carbons (Fsp3) is 0.200. The van der Waals surface area contributed by atoms with Crippen LogP contribution in [0.5, 0.6) is 11.5 Å². The summed E-state index contributed by atoms with van der Waals surface area (Å²) < 4.78 is 9.68. The van der Waals surface area contributed by atoms with E-state index in [2.05, 4.69) is 0 Å². The van der Waals surface area contributed by atoms with Gasteiger partial charge < -0.3 is 19.7 Å². The van der Waals surface area contributed by atoms with E-state index in [1.54, 1.807) is 0 Å². The lowest BCUT2D eigenvalue weighted by Crippen LogP contribution is -2.35. The lowest BCUT2D eigenvalue weighted by Gasteiger charge is -2.12. The summed E-state index contributed by atoms with van der Waals surface area (Å²) in [5.74, 6) is -2.92. The number of ether oxygens (including phenoxy) is 2. The van der Waals surface area contributed by atoms with Crippen LogP contribution >= 0.6 is 11.6 Å². The number of methoxy groups -OCH3 is 1. The Labute approximate surface area is 101 Å². The van der Waals surface area contributed by atoms with Crippen molar-refractivity contribution in [3.8, 4) is 11.5 Å². The zero-order valence-corrected chi connectivity index (χ0v) is 9.47. The Hall–Kier alpha value is -1.95. The molecule has 0 saturated carbocycles. The molecule has 0 heterocycles. The summed E-state index contributed by atoms with van der Waals surface area (Å²) in [4.78, 5) is 21.3. The zero-order chi connectivity index (χ0) is 13.0. The monoisotopic (exact) mass is 260 g/mol. The molecule has 0 fully saturated rings. The number of carboxylic acid groups (broad SMARTS) is 2. The van der Waals surface area contributed by atoms with E-state index >= 15 is 0 Å². The molecule has 2 N–H and O–H groups in total. The van der Waals surface area contributed by atoms with Crippen molar-refractivity contribution in [1.29, 1.82) is 0 Å². The highest BCUT2D eigenvalue weighted by Crippen LogP contribution is 2.29. The molecule has 0 aliphatic carbocycles. The highest BCUT2D eigenvalue weighted by atomic mass is 35.5. The fourth-order valence-electron chi connectivity index (χ4n) is 1.03. The van der Waals surface area contributed by atoms with Gasteiger partial charge in [0.25, 0.3) is 6.10 Å². The first kappa shape index (κ1) is 13.1. The fourth-order valence-corrected chi connectivity index (χ4v) is 1.20. The van der Waals surface area contributed by atoms with Gasteiger partial charge in [-0.05, 0) is 12.1 Å².